The Morgan fingerprint density at radius 2 is 2.14 bits per heavy atom. The van der Waals surface area contributed by atoms with Gasteiger partial charge in [0.15, 0.2) is 0 Å². The van der Waals surface area contributed by atoms with Crippen LogP contribution in [0.2, 0.25) is 0 Å². The highest BCUT2D eigenvalue weighted by molar-refractivity contribution is 9.10. The van der Waals surface area contributed by atoms with Crippen LogP contribution in [0.25, 0.3) is 0 Å². The molecule has 2 rings (SSSR count). The Balaban J connectivity index is 2.47. The van der Waals surface area contributed by atoms with E-state index in [-0.39, 0.29) is 6.04 Å². The minimum atomic E-state index is 0.0363. The minimum absolute atomic E-state index is 0.0363. The number of benzene rings is 1. The molecule has 0 aliphatic rings. The lowest BCUT2D eigenvalue weighted by Gasteiger charge is -2.22. The molecule has 112 valence electrons. The molecule has 2 aromatic rings. The van der Waals surface area contributed by atoms with Crippen LogP contribution in [0.1, 0.15) is 36.2 Å². The highest BCUT2D eigenvalue weighted by atomic mass is 79.9. The van der Waals surface area contributed by atoms with Crippen molar-refractivity contribution in [1.82, 2.24) is 10.3 Å². The first kappa shape index (κ1) is 16.0. The van der Waals surface area contributed by atoms with Crippen LogP contribution >= 0.6 is 15.9 Å². The summed E-state index contributed by atoms with van der Waals surface area (Å²) in [7, 11) is 1.69. The maximum absolute atomic E-state index is 5.48. The van der Waals surface area contributed by atoms with Gasteiger partial charge in [0, 0.05) is 10.7 Å². The maximum Gasteiger partial charge on any atom is 0.142 e. The first-order valence-corrected chi connectivity index (χ1v) is 7.95. The van der Waals surface area contributed by atoms with Crippen LogP contribution in [-0.4, -0.2) is 18.6 Å². The molecule has 0 fully saturated rings. The first-order chi connectivity index (χ1) is 10.2. The molecule has 0 bridgehead atoms. The third kappa shape index (κ3) is 3.83. The van der Waals surface area contributed by atoms with E-state index in [2.05, 4.69) is 58.3 Å². The molecule has 0 radical (unpaired) electrons. The summed E-state index contributed by atoms with van der Waals surface area (Å²) in [5.41, 5.74) is 3.38. The highest BCUT2D eigenvalue weighted by Crippen LogP contribution is 2.31. The van der Waals surface area contributed by atoms with Crippen molar-refractivity contribution in [2.45, 2.75) is 26.3 Å². The monoisotopic (exact) mass is 348 g/mol. The molecule has 0 aliphatic carbocycles. The lowest BCUT2D eigenvalue weighted by Crippen LogP contribution is -2.25. The average molecular weight is 349 g/mol. The summed E-state index contributed by atoms with van der Waals surface area (Å²) < 4.78 is 6.57. The molecule has 0 saturated carbocycles. The summed E-state index contributed by atoms with van der Waals surface area (Å²) in [6.07, 6.45) is 2.88. The van der Waals surface area contributed by atoms with E-state index in [1.54, 1.807) is 7.11 Å². The van der Waals surface area contributed by atoms with Gasteiger partial charge in [0.1, 0.15) is 11.4 Å². The standard InChI is InChI=1S/C17H21BrN2O/c1-4-9-19-16(14-8-7-13(18)11-12(14)2)17-15(21-3)6-5-10-20-17/h5-8,10-11,16,19H,4,9H2,1-3H3. The molecule has 1 N–H and O–H groups in total. The van der Waals surface area contributed by atoms with Crippen molar-refractivity contribution in [3.8, 4) is 5.75 Å². The number of hydrogen-bond acceptors (Lipinski definition) is 3. The number of halogens is 1. The van der Waals surface area contributed by atoms with E-state index in [4.69, 9.17) is 4.74 Å². The second kappa shape index (κ2) is 7.57. The molecule has 0 saturated heterocycles. The second-order valence-corrected chi connectivity index (χ2v) is 5.89. The smallest absolute Gasteiger partial charge is 0.142 e. The Labute approximate surface area is 134 Å². The van der Waals surface area contributed by atoms with E-state index in [9.17, 15) is 0 Å². The first-order valence-electron chi connectivity index (χ1n) is 7.15. The molecule has 3 nitrogen and oxygen atoms in total. The SMILES string of the molecule is CCCNC(c1ccc(Br)cc1C)c1ncccc1OC. The van der Waals surface area contributed by atoms with Crippen LogP contribution in [0.5, 0.6) is 5.75 Å². The molecular weight excluding hydrogens is 328 g/mol. The maximum atomic E-state index is 5.48. The summed E-state index contributed by atoms with van der Waals surface area (Å²) in [5.74, 6) is 0.813. The van der Waals surface area contributed by atoms with E-state index in [1.165, 1.54) is 11.1 Å². The molecule has 1 aromatic carbocycles. The van der Waals surface area contributed by atoms with Gasteiger partial charge in [-0.25, -0.2) is 0 Å². The van der Waals surface area contributed by atoms with Gasteiger partial charge in [0.2, 0.25) is 0 Å². The molecular formula is C17H21BrN2O. The molecule has 21 heavy (non-hydrogen) atoms. The van der Waals surface area contributed by atoms with Crippen molar-refractivity contribution in [3.05, 3.63) is 57.8 Å². The predicted octanol–water partition coefficient (Wildman–Crippen LogP) is 4.25. The van der Waals surface area contributed by atoms with Crippen molar-refractivity contribution in [3.63, 3.8) is 0 Å². The van der Waals surface area contributed by atoms with Gasteiger partial charge in [-0.05, 0) is 55.3 Å². The zero-order valence-electron chi connectivity index (χ0n) is 12.7. The van der Waals surface area contributed by atoms with E-state index >= 15 is 0 Å². The van der Waals surface area contributed by atoms with Gasteiger partial charge < -0.3 is 10.1 Å². The molecule has 1 heterocycles. The predicted molar refractivity (Wildman–Crippen MR) is 89.8 cm³/mol. The van der Waals surface area contributed by atoms with Crippen molar-refractivity contribution in [2.75, 3.05) is 13.7 Å². The van der Waals surface area contributed by atoms with Gasteiger partial charge in [-0.1, -0.05) is 28.9 Å². The number of pyridine rings is 1. The fraction of sp³-hybridized carbons (Fsp3) is 0.353. The normalized spacial score (nSPS) is 12.2. The van der Waals surface area contributed by atoms with Crippen LogP contribution in [0.15, 0.2) is 41.0 Å². The molecule has 1 aromatic heterocycles. The fourth-order valence-corrected chi connectivity index (χ4v) is 2.87. The number of aryl methyl sites for hydroxylation is 1. The number of hydrogen-bond donors (Lipinski definition) is 1. The molecule has 1 unspecified atom stereocenters. The Morgan fingerprint density at radius 1 is 1.33 bits per heavy atom. The highest BCUT2D eigenvalue weighted by Gasteiger charge is 2.20. The molecule has 0 aliphatic heterocycles. The second-order valence-electron chi connectivity index (χ2n) is 4.98. The Kier molecular flexibility index (Phi) is 5.76. The Morgan fingerprint density at radius 3 is 2.81 bits per heavy atom. The summed E-state index contributed by atoms with van der Waals surface area (Å²) in [6.45, 7) is 5.21. The summed E-state index contributed by atoms with van der Waals surface area (Å²) in [6, 6.07) is 10.2. The van der Waals surface area contributed by atoms with Gasteiger partial charge in [-0.2, -0.15) is 0 Å². The van der Waals surface area contributed by atoms with Crippen molar-refractivity contribution in [2.24, 2.45) is 0 Å². The van der Waals surface area contributed by atoms with Crippen molar-refractivity contribution < 1.29 is 4.74 Å². The topological polar surface area (TPSA) is 34.2 Å². The number of ether oxygens (including phenoxy) is 1. The summed E-state index contributed by atoms with van der Waals surface area (Å²) in [4.78, 5) is 4.54. The minimum Gasteiger partial charge on any atom is -0.495 e. The van der Waals surface area contributed by atoms with Crippen molar-refractivity contribution >= 4 is 15.9 Å². The number of aromatic nitrogens is 1. The van der Waals surface area contributed by atoms with E-state index in [0.717, 1.165) is 28.9 Å². The van der Waals surface area contributed by atoms with Crippen LogP contribution < -0.4 is 10.1 Å². The zero-order valence-corrected chi connectivity index (χ0v) is 14.3. The van der Waals surface area contributed by atoms with Gasteiger partial charge in [0.25, 0.3) is 0 Å². The average Bonchev–Trinajstić information content (AvgIpc) is 2.49. The van der Waals surface area contributed by atoms with Crippen LogP contribution in [-0.2, 0) is 0 Å². The largest absolute Gasteiger partial charge is 0.495 e. The number of nitrogens with zero attached hydrogens (tertiary/aromatic N) is 1. The number of nitrogens with one attached hydrogen (secondary N) is 1. The molecule has 1 atom stereocenters. The lowest BCUT2D eigenvalue weighted by molar-refractivity contribution is 0.399. The fourth-order valence-electron chi connectivity index (χ4n) is 2.40. The van der Waals surface area contributed by atoms with Crippen LogP contribution in [0.4, 0.5) is 0 Å². The van der Waals surface area contributed by atoms with Gasteiger partial charge in [0.05, 0.1) is 13.2 Å². The van der Waals surface area contributed by atoms with Gasteiger partial charge in [-0.3, -0.25) is 4.98 Å². The third-order valence-electron chi connectivity index (χ3n) is 3.43. The van der Waals surface area contributed by atoms with E-state index in [1.807, 2.05) is 18.3 Å². The molecule has 0 amide bonds. The van der Waals surface area contributed by atoms with Crippen LogP contribution in [0.3, 0.4) is 0 Å². The lowest BCUT2D eigenvalue weighted by atomic mass is 9.97. The summed E-state index contributed by atoms with van der Waals surface area (Å²) >= 11 is 3.52. The zero-order chi connectivity index (χ0) is 15.2. The Bertz CT molecular complexity index is 601. The number of rotatable bonds is 6. The summed E-state index contributed by atoms with van der Waals surface area (Å²) in [5, 5.41) is 3.58. The van der Waals surface area contributed by atoms with Gasteiger partial charge >= 0.3 is 0 Å². The van der Waals surface area contributed by atoms with Crippen LogP contribution in [0, 0.1) is 6.92 Å². The number of methoxy groups -OCH3 is 1. The van der Waals surface area contributed by atoms with Gasteiger partial charge in [-0.15, -0.1) is 0 Å². The van der Waals surface area contributed by atoms with Crippen molar-refractivity contribution in [1.29, 1.82) is 0 Å². The Hall–Kier alpha value is -1.39. The van der Waals surface area contributed by atoms with E-state index in [0.29, 0.717) is 0 Å². The molecule has 0 spiro atoms. The van der Waals surface area contributed by atoms with E-state index < -0.39 is 0 Å². The quantitative estimate of drug-likeness (QED) is 0.847. The third-order valence-corrected chi connectivity index (χ3v) is 3.93. The molecule has 4 heteroatoms.